The van der Waals surface area contributed by atoms with Gasteiger partial charge in [-0.2, -0.15) is 0 Å². The van der Waals surface area contributed by atoms with Crippen molar-refractivity contribution in [2.45, 2.75) is 4.34 Å². The highest BCUT2D eigenvalue weighted by Crippen LogP contribution is 2.23. The van der Waals surface area contributed by atoms with Crippen LogP contribution in [0.1, 0.15) is 10.4 Å². The monoisotopic (exact) mass is 385 g/mol. The van der Waals surface area contributed by atoms with E-state index >= 15 is 0 Å². The average Bonchev–Trinajstić information content (AvgIpc) is 3.10. The van der Waals surface area contributed by atoms with Crippen LogP contribution in [0.2, 0.25) is 0 Å². The van der Waals surface area contributed by atoms with Gasteiger partial charge in [0.25, 0.3) is 0 Å². The molecule has 132 valence electrons. The van der Waals surface area contributed by atoms with E-state index in [1.807, 2.05) is 42.5 Å². The lowest BCUT2D eigenvalue weighted by atomic mass is 10.0. The number of hydrogen-bond acceptors (Lipinski definition) is 8. The van der Waals surface area contributed by atoms with Crippen LogP contribution in [0.25, 0.3) is 11.1 Å². The number of rotatable bonds is 7. The van der Waals surface area contributed by atoms with Crippen LogP contribution in [0, 0.1) is 0 Å². The molecule has 0 spiro atoms. The maximum absolute atomic E-state index is 12.2. The molecule has 2 aromatic carbocycles. The minimum absolute atomic E-state index is 0.0505. The molecule has 0 amide bonds. The normalized spacial score (nSPS) is 10.5. The van der Waals surface area contributed by atoms with E-state index in [0.29, 0.717) is 15.0 Å². The Morgan fingerprint density at radius 1 is 1.00 bits per heavy atom. The number of carbonyl (C=O) groups is 2. The second-order valence-corrected chi connectivity index (χ2v) is 7.45. The minimum Gasteiger partial charge on any atom is -0.457 e. The number of hydrogen-bond donors (Lipinski definition) is 1. The van der Waals surface area contributed by atoms with Crippen LogP contribution >= 0.6 is 23.1 Å². The fraction of sp³-hybridized carbons (Fsp3) is 0.111. The SMILES string of the molecule is Nc1nnc(SCC(=O)OCC(=O)c2ccc(-c3ccccc3)cc2)s1. The Morgan fingerprint density at radius 3 is 2.35 bits per heavy atom. The smallest absolute Gasteiger partial charge is 0.316 e. The largest absolute Gasteiger partial charge is 0.457 e. The number of nitrogens with two attached hydrogens (primary N) is 1. The second-order valence-electron chi connectivity index (χ2n) is 5.22. The molecular formula is C18H15N3O3S2. The van der Waals surface area contributed by atoms with Gasteiger partial charge in [-0.3, -0.25) is 9.59 Å². The second kappa shape index (κ2) is 8.59. The van der Waals surface area contributed by atoms with Crippen molar-refractivity contribution in [2.75, 3.05) is 18.1 Å². The molecule has 0 saturated heterocycles. The highest BCUT2D eigenvalue weighted by Gasteiger charge is 2.12. The lowest BCUT2D eigenvalue weighted by Gasteiger charge is -2.05. The Hall–Kier alpha value is -2.71. The molecule has 0 aliphatic rings. The first-order valence-corrected chi connectivity index (χ1v) is 9.48. The van der Waals surface area contributed by atoms with Gasteiger partial charge in [-0.05, 0) is 11.1 Å². The molecule has 6 nitrogen and oxygen atoms in total. The van der Waals surface area contributed by atoms with E-state index in [1.165, 1.54) is 23.1 Å². The van der Waals surface area contributed by atoms with Gasteiger partial charge in [0.2, 0.25) is 5.13 Å². The molecule has 0 aliphatic carbocycles. The van der Waals surface area contributed by atoms with Crippen LogP contribution in [0.3, 0.4) is 0 Å². The molecule has 2 N–H and O–H groups in total. The molecule has 0 bridgehead atoms. The maximum atomic E-state index is 12.2. The Bertz CT molecular complexity index is 896. The summed E-state index contributed by atoms with van der Waals surface area (Å²) in [5.74, 6) is -0.685. The number of thioether (sulfide) groups is 1. The molecule has 26 heavy (non-hydrogen) atoms. The van der Waals surface area contributed by atoms with Crippen molar-refractivity contribution in [3.8, 4) is 11.1 Å². The molecular weight excluding hydrogens is 370 g/mol. The van der Waals surface area contributed by atoms with Crippen molar-refractivity contribution in [2.24, 2.45) is 0 Å². The molecule has 0 unspecified atom stereocenters. The summed E-state index contributed by atoms with van der Waals surface area (Å²) < 4.78 is 5.60. The summed E-state index contributed by atoms with van der Waals surface area (Å²) in [6.45, 7) is -0.289. The van der Waals surface area contributed by atoms with E-state index in [2.05, 4.69) is 10.2 Å². The summed E-state index contributed by atoms with van der Waals surface area (Å²) in [4.78, 5) is 23.9. The zero-order valence-corrected chi connectivity index (χ0v) is 15.3. The van der Waals surface area contributed by atoms with Crippen molar-refractivity contribution in [1.29, 1.82) is 0 Å². The summed E-state index contributed by atoms with van der Waals surface area (Å²) in [5, 5.41) is 7.79. The van der Waals surface area contributed by atoms with Gasteiger partial charge in [0.1, 0.15) is 0 Å². The first kappa shape index (κ1) is 18.1. The highest BCUT2D eigenvalue weighted by molar-refractivity contribution is 8.01. The Labute approximate surface area is 158 Å². The number of ketones is 1. The van der Waals surface area contributed by atoms with Crippen molar-refractivity contribution in [3.05, 3.63) is 60.2 Å². The zero-order chi connectivity index (χ0) is 18.4. The minimum atomic E-state index is -0.488. The number of esters is 1. The Balaban J connectivity index is 1.49. The van der Waals surface area contributed by atoms with E-state index < -0.39 is 5.97 Å². The van der Waals surface area contributed by atoms with E-state index in [0.717, 1.165) is 11.1 Å². The number of benzene rings is 2. The number of Topliss-reactive ketones (excluding diaryl/α,β-unsaturated/α-hetero) is 1. The lowest BCUT2D eigenvalue weighted by molar-refractivity contribution is -0.139. The van der Waals surface area contributed by atoms with Crippen LogP contribution in [-0.4, -0.2) is 34.3 Å². The summed E-state index contributed by atoms with van der Waals surface area (Å²) in [7, 11) is 0. The number of aromatic nitrogens is 2. The molecule has 0 radical (unpaired) electrons. The predicted octanol–water partition coefficient (Wildman–Crippen LogP) is 3.31. The lowest BCUT2D eigenvalue weighted by Crippen LogP contribution is -2.15. The summed E-state index contributed by atoms with van der Waals surface area (Å²) in [5.41, 5.74) is 8.06. The topological polar surface area (TPSA) is 95.2 Å². The van der Waals surface area contributed by atoms with Crippen molar-refractivity contribution < 1.29 is 14.3 Å². The number of anilines is 1. The van der Waals surface area contributed by atoms with Gasteiger partial charge in [-0.1, -0.05) is 77.7 Å². The predicted molar refractivity (Wildman–Crippen MR) is 102 cm³/mol. The van der Waals surface area contributed by atoms with E-state index in [4.69, 9.17) is 10.5 Å². The van der Waals surface area contributed by atoms with Gasteiger partial charge in [-0.15, -0.1) is 10.2 Å². The standard InChI is InChI=1S/C18H15N3O3S2/c19-17-20-21-18(26-17)25-11-16(23)24-10-15(22)14-8-6-13(7-9-14)12-4-2-1-3-5-12/h1-9H,10-11H2,(H2,19,20). The van der Waals surface area contributed by atoms with E-state index in [9.17, 15) is 9.59 Å². The van der Waals surface area contributed by atoms with Crippen LogP contribution < -0.4 is 5.73 Å². The molecule has 1 aromatic heterocycles. The Morgan fingerprint density at radius 2 is 1.69 bits per heavy atom. The number of nitrogen functional groups attached to an aromatic ring is 1. The van der Waals surface area contributed by atoms with Crippen LogP contribution in [0.15, 0.2) is 58.9 Å². The molecule has 3 rings (SSSR count). The average molecular weight is 385 g/mol. The van der Waals surface area contributed by atoms with E-state index in [-0.39, 0.29) is 18.1 Å². The molecule has 0 saturated carbocycles. The van der Waals surface area contributed by atoms with Gasteiger partial charge in [0, 0.05) is 5.56 Å². The maximum Gasteiger partial charge on any atom is 0.316 e. The summed E-state index contributed by atoms with van der Waals surface area (Å²) >= 11 is 2.37. The van der Waals surface area contributed by atoms with Gasteiger partial charge < -0.3 is 10.5 Å². The molecule has 0 aliphatic heterocycles. The highest BCUT2D eigenvalue weighted by atomic mass is 32.2. The first-order chi connectivity index (χ1) is 12.6. The molecule has 0 fully saturated rings. The third kappa shape index (κ3) is 4.90. The summed E-state index contributed by atoms with van der Waals surface area (Å²) in [6, 6.07) is 17.1. The number of nitrogens with zero attached hydrogens (tertiary/aromatic N) is 2. The van der Waals surface area contributed by atoms with Crippen molar-refractivity contribution in [3.63, 3.8) is 0 Å². The quantitative estimate of drug-likeness (QED) is 0.379. The van der Waals surface area contributed by atoms with Gasteiger partial charge in [0.05, 0.1) is 5.75 Å². The molecule has 1 heterocycles. The third-order valence-electron chi connectivity index (χ3n) is 3.41. The van der Waals surface area contributed by atoms with Gasteiger partial charge in [-0.25, -0.2) is 0 Å². The third-order valence-corrected chi connectivity index (χ3v) is 5.27. The molecule has 8 heteroatoms. The zero-order valence-electron chi connectivity index (χ0n) is 13.6. The molecule has 3 aromatic rings. The van der Waals surface area contributed by atoms with Crippen LogP contribution in [-0.2, 0) is 9.53 Å². The number of carbonyl (C=O) groups excluding carboxylic acids is 2. The number of ether oxygens (including phenoxy) is 1. The Kier molecular flexibility index (Phi) is 5.98. The van der Waals surface area contributed by atoms with Gasteiger partial charge in [0.15, 0.2) is 16.7 Å². The molecule has 0 atom stereocenters. The van der Waals surface area contributed by atoms with Gasteiger partial charge >= 0.3 is 5.97 Å². The fourth-order valence-electron chi connectivity index (χ4n) is 2.15. The fourth-order valence-corrected chi connectivity index (χ4v) is 3.58. The van der Waals surface area contributed by atoms with Crippen LogP contribution in [0.4, 0.5) is 5.13 Å². The van der Waals surface area contributed by atoms with Crippen molar-refractivity contribution >= 4 is 40.0 Å². The first-order valence-electron chi connectivity index (χ1n) is 7.68. The van der Waals surface area contributed by atoms with Crippen molar-refractivity contribution in [1.82, 2.24) is 10.2 Å². The summed E-state index contributed by atoms with van der Waals surface area (Å²) in [6.07, 6.45) is 0. The van der Waals surface area contributed by atoms with E-state index in [1.54, 1.807) is 12.1 Å². The van der Waals surface area contributed by atoms with Crippen LogP contribution in [0.5, 0.6) is 0 Å².